The molecule has 0 saturated carbocycles. The number of aromatic amines is 1. The molecule has 0 spiro atoms. The highest BCUT2D eigenvalue weighted by Crippen LogP contribution is 1.84. The summed E-state index contributed by atoms with van der Waals surface area (Å²) in [5.41, 5.74) is -0.108. The summed E-state index contributed by atoms with van der Waals surface area (Å²) in [6, 6.07) is 0.393. The van der Waals surface area contributed by atoms with E-state index in [2.05, 4.69) is 10.3 Å². The van der Waals surface area contributed by atoms with Crippen molar-refractivity contribution in [1.82, 2.24) is 14.9 Å². The summed E-state index contributed by atoms with van der Waals surface area (Å²) >= 11 is 0. The van der Waals surface area contributed by atoms with Crippen LogP contribution in [0.1, 0.15) is 19.4 Å². The van der Waals surface area contributed by atoms with Gasteiger partial charge in [0.1, 0.15) is 0 Å². The summed E-state index contributed by atoms with van der Waals surface area (Å²) in [5, 5.41) is 3.20. The van der Waals surface area contributed by atoms with Crippen molar-refractivity contribution in [3.8, 4) is 0 Å². The fourth-order valence-corrected chi connectivity index (χ4v) is 1.26. The van der Waals surface area contributed by atoms with Crippen LogP contribution in [0.2, 0.25) is 0 Å². The van der Waals surface area contributed by atoms with E-state index in [0.717, 1.165) is 0 Å². The Morgan fingerprint density at radius 2 is 2.13 bits per heavy atom. The van der Waals surface area contributed by atoms with E-state index in [4.69, 9.17) is 0 Å². The number of aryl methyl sites for hydroxylation is 1. The van der Waals surface area contributed by atoms with Gasteiger partial charge in [0.15, 0.2) is 0 Å². The van der Waals surface area contributed by atoms with Gasteiger partial charge in [0, 0.05) is 30.9 Å². The summed E-state index contributed by atoms with van der Waals surface area (Å²) < 4.78 is 1.51. The third-order valence-electron chi connectivity index (χ3n) is 2.09. The number of hydrogen-bond acceptors (Lipinski definition) is 3. The molecule has 1 aromatic rings. The minimum Gasteiger partial charge on any atom is -0.313 e. The van der Waals surface area contributed by atoms with Crippen molar-refractivity contribution in [3.63, 3.8) is 0 Å². The van der Waals surface area contributed by atoms with Crippen molar-refractivity contribution < 1.29 is 0 Å². The predicted molar refractivity (Wildman–Crippen MR) is 59.2 cm³/mol. The van der Waals surface area contributed by atoms with Gasteiger partial charge >= 0.3 is 5.69 Å². The second-order valence-corrected chi connectivity index (χ2v) is 3.87. The number of aromatic nitrogens is 2. The molecule has 2 N–H and O–H groups in total. The zero-order valence-electron chi connectivity index (χ0n) is 9.33. The van der Waals surface area contributed by atoms with Gasteiger partial charge in [-0.25, -0.2) is 4.79 Å². The second kappa shape index (κ2) is 4.93. The van der Waals surface area contributed by atoms with Crippen LogP contribution in [0, 0.1) is 6.92 Å². The number of nitrogens with one attached hydrogen (secondary N) is 2. The quantitative estimate of drug-likeness (QED) is 0.727. The summed E-state index contributed by atoms with van der Waals surface area (Å²) in [5.74, 6) is 0. The maximum Gasteiger partial charge on any atom is 0.328 e. The van der Waals surface area contributed by atoms with Gasteiger partial charge in [0.05, 0.1) is 0 Å². The van der Waals surface area contributed by atoms with E-state index in [0.29, 0.717) is 24.7 Å². The van der Waals surface area contributed by atoms with Crippen LogP contribution in [-0.2, 0) is 6.54 Å². The van der Waals surface area contributed by atoms with Gasteiger partial charge in [-0.2, -0.15) is 0 Å². The number of hydrogen-bond donors (Lipinski definition) is 2. The average Bonchev–Trinajstić information content (AvgIpc) is 2.13. The van der Waals surface area contributed by atoms with Crippen LogP contribution in [0.3, 0.4) is 0 Å². The van der Waals surface area contributed by atoms with Gasteiger partial charge in [-0.05, 0) is 6.92 Å². The molecule has 0 unspecified atom stereocenters. The topological polar surface area (TPSA) is 66.9 Å². The molecule has 0 aliphatic heterocycles. The predicted octanol–water partition coefficient (Wildman–Crippen LogP) is -0.157. The first-order valence-electron chi connectivity index (χ1n) is 5.04. The van der Waals surface area contributed by atoms with E-state index in [-0.39, 0.29) is 11.2 Å². The fraction of sp³-hybridized carbons (Fsp3) is 0.600. The van der Waals surface area contributed by atoms with Crippen LogP contribution in [0.4, 0.5) is 0 Å². The molecule has 0 aliphatic rings. The maximum absolute atomic E-state index is 11.3. The van der Waals surface area contributed by atoms with E-state index in [9.17, 15) is 9.59 Å². The van der Waals surface area contributed by atoms with Crippen molar-refractivity contribution in [2.45, 2.75) is 33.4 Å². The minimum absolute atomic E-state index is 0.312. The van der Waals surface area contributed by atoms with E-state index in [1.807, 2.05) is 13.8 Å². The van der Waals surface area contributed by atoms with Crippen LogP contribution in [0.25, 0.3) is 0 Å². The molecule has 1 rings (SSSR count). The van der Waals surface area contributed by atoms with Crippen molar-refractivity contribution in [2.24, 2.45) is 0 Å². The van der Waals surface area contributed by atoms with Gasteiger partial charge in [-0.3, -0.25) is 14.3 Å². The second-order valence-electron chi connectivity index (χ2n) is 3.87. The molecule has 5 heteroatoms. The molecule has 1 heterocycles. The van der Waals surface area contributed by atoms with Crippen molar-refractivity contribution >= 4 is 0 Å². The molecule has 0 amide bonds. The molecule has 5 nitrogen and oxygen atoms in total. The highest BCUT2D eigenvalue weighted by atomic mass is 16.2. The first-order valence-corrected chi connectivity index (χ1v) is 5.04. The normalized spacial score (nSPS) is 10.9. The molecule has 0 fully saturated rings. The lowest BCUT2D eigenvalue weighted by Crippen LogP contribution is -2.35. The van der Waals surface area contributed by atoms with Crippen LogP contribution >= 0.6 is 0 Å². The van der Waals surface area contributed by atoms with Crippen LogP contribution < -0.4 is 16.6 Å². The first kappa shape index (κ1) is 11.7. The van der Waals surface area contributed by atoms with Gasteiger partial charge in [-0.1, -0.05) is 13.8 Å². The third-order valence-corrected chi connectivity index (χ3v) is 2.09. The molecule has 0 bridgehead atoms. The van der Waals surface area contributed by atoms with E-state index >= 15 is 0 Å². The average molecular weight is 211 g/mol. The Labute approximate surface area is 88.1 Å². The Hall–Kier alpha value is -1.36. The lowest BCUT2D eigenvalue weighted by Gasteiger charge is -2.09. The number of nitrogens with zero attached hydrogens (tertiary/aromatic N) is 1. The van der Waals surface area contributed by atoms with Crippen LogP contribution in [0.15, 0.2) is 15.8 Å². The van der Waals surface area contributed by atoms with Crippen molar-refractivity contribution in [1.29, 1.82) is 0 Å². The Morgan fingerprint density at radius 1 is 1.47 bits per heavy atom. The highest BCUT2D eigenvalue weighted by Gasteiger charge is 2.00. The Bertz CT molecular complexity index is 431. The summed E-state index contributed by atoms with van der Waals surface area (Å²) in [6.07, 6.45) is 1.59. The molecule has 0 radical (unpaired) electrons. The standard InChI is InChI=1S/C10H17N3O2/c1-7(2)11-4-5-13-6-8(3)9(14)12-10(13)15/h6-7,11H,4-5H2,1-3H3,(H,12,14,15). The maximum atomic E-state index is 11.3. The minimum atomic E-state index is -0.351. The Morgan fingerprint density at radius 3 is 2.73 bits per heavy atom. The van der Waals surface area contributed by atoms with Gasteiger partial charge in [0.25, 0.3) is 5.56 Å². The molecule has 0 aliphatic carbocycles. The Balaban J connectivity index is 2.74. The van der Waals surface area contributed by atoms with Crippen LogP contribution in [0.5, 0.6) is 0 Å². The molecule has 0 aromatic carbocycles. The zero-order valence-corrected chi connectivity index (χ0v) is 9.33. The van der Waals surface area contributed by atoms with Crippen LogP contribution in [-0.4, -0.2) is 22.1 Å². The monoisotopic (exact) mass is 211 g/mol. The largest absolute Gasteiger partial charge is 0.328 e. The first-order chi connectivity index (χ1) is 7.00. The SMILES string of the molecule is Cc1cn(CCNC(C)C)c(=O)[nH]c1=O. The zero-order chi connectivity index (χ0) is 11.4. The molecule has 0 atom stereocenters. The molecular formula is C10H17N3O2. The summed E-state index contributed by atoms with van der Waals surface area (Å²) in [6.45, 7) is 7.05. The van der Waals surface area contributed by atoms with Crippen molar-refractivity contribution in [2.75, 3.05) is 6.54 Å². The van der Waals surface area contributed by atoms with Gasteiger partial charge < -0.3 is 5.32 Å². The lowest BCUT2D eigenvalue weighted by molar-refractivity contribution is 0.527. The fourth-order valence-electron chi connectivity index (χ4n) is 1.26. The third kappa shape index (κ3) is 3.36. The van der Waals surface area contributed by atoms with E-state index in [1.54, 1.807) is 13.1 Å². The van der Waals surface area contributed by atoms with E-state index in [1.165, 1.54) is 4.57 Å². The molecule has 0 saturated heterocycles. The molecule has 84 valence electrons. The van der Waals surface area contributed by atoms with Gasteiger partial charge in [-0.15, -0.1) is 0 Å². The number of rotatable bonds is 4. The Kier molecular flexibility index (Phi) is 3.85. The molecular weight excluding hydrogens is 194 g/mol. The number of H-pyrrole nitrogens is 1. The molecule has 1 aromatic heterocycles. The van der Waals surface area contributed by atoms with Crippen molar-refractivity contribution in [3.05, 3.63) is 32.6 Å². The van der Waals surface area contributed by atoms with Gasteiger partial charge in [0.2, 0.25) is 0 Å². The molecule has 15 heavy (non-hydrogen) atoms. The lowest BCUT2D eigenvalue weighted by atomic mass is 10.3. The highest BCUT2D eigenvalue weighted by molar-refractivity contribution is 5.00. The summed E-state index contributed by atoms with van der Waals surface area (Å²) in [7, 11) is 0. The summed E-state index contributed by atoms with van der Waals surface area (Å²) in [4.78, 5) is 24.7. The van der Waals surface area contributed by atoms with E-state index < -0.39 is 0 Å². The smallest absolute Gasteiger partial charge is 0.313 e.